The number of methoxy groups -OCH3 is 2. The molecule has 2 amide bonds. The maximum Gasteiger partial charge on any atom is 0.416 e. The topological polar surface area (TPSA) is 106 Å². The molecule has 1 aliphatic rings. The summed E-state index contributed by atoms with van der Waals surface area (Å²) in [5.41, 5.74) is -3.76. The third kappa shape index (κ3) is 7.26. The molecule has 16 heteroatoms. The lowest BCUT2D eigenvalue weighted by molar-refractivity contribution is -0.143. The van der Waals surface area contributed by atoms with Gasteiger partial charge in [0.25, 0.3) is 17.7 Å². The Hall–Kier alpha value is -4.89. The summed E-state index contributed by atoms with van der Waals surface area (Å²) in [7, 11) is 2.76. The van der Waals surface area contributed by atoms with Crippen molar-refractivity contribution >= 4 is 17.7 Å². The number of aromatic nitrogens is 2. The van der Waals surface area contributed by atoms with Crippen LogP contribution in [0.2, 0.25) is 0 Å². The number of nitrogens with zero attached hydrogens (tertiary/aromatic N) is 5. The second kappa shape index (κ2) is 13.0. The van der Waals surface area contributed by atoms with Crippen LogP contribution in [0.5, 0.6) is 11.5 Å². The Morgan fingerprint density at radius 2 is 1.64 bits per heavy atom. The number of alkyl halides is 6. The average Bonchev–Trinajstić information content (AvgIpc) is 3.02. The Bertz CT molecular complexity index is 1580. The number of ether oxygens (including phenoxy) is 3. The zero-order chi connectivity index (χ0) is 33.1. The van der Waals surface area contributed by atoms with E-state index in [4.69, 9.17) is 14.2 Å². The van der Waals surface area contributed by atoms with Crippen LogP contribution in [0, 0.1) is 0 Å². The van der Waals surface area contributed by atoms with E-state index >= 15 is 0 Å². The van der Waals surface area contributed by atoms with Gasteiger partial charge in [-0.15, -0.1) is 5.10 Å². The zero-order valence-electron chi connectivity index (χ0n) is 24.4. The highest BCUT2D eigenvalue weighted by molar-refractivity contribution is 5.98. The molecule has 240 valence electrons. The molecule has 0 spiro atoms. The van der Waals surface area contributed by atoms with Gasteiger partial charge in [0.2, 0.25) is 0 Å². The number of halogens is 6. The van der Waals surface area contributed by atoms with E-state index in [1.165, 1.54) is 45.7 Å². The largest absolute Gasteiger partial charge is 0.497 e. The molecule has 45 heavy (non-hydrogen) atoms. The van der Waals surface area contributed by atoms with E-state index in [0.29, 0.717) is 23.4 Å². The maximum absolute atomic E-state index is 14.0. The fraction of sp³-hybridized carbons (Fsp3) is 0.345. The Morgan fingerprint density at radius 1 is 1.00 bits per heavy atom. The highest BCUT2D eigenvalue weighted by atomic mass is 19.4. The monoisotopic (exact) mass is 639 g/mol. The van der Waals surface area contributed by atoms with Crippen molar-refractivity contribution in [3.05, 3.63) is 82.4 Å². The van der Waals surface area contributed by atoms with Crippen molar-refractivity contribution < 1.29 is 50.1 Å². The van der Waals surface area contributed by atoms with Crippen LogP contribution < -0.4 is 9.47 Å². The summed E-state index contributed by atoms with van der Waals surface area (Å²) < 4.78 is 98.3. The molecule has 2 aromatic carbocycles. The third-order valence-electron chi connectivity index (χ3n) is 6.85. The van der Waals surface area contributed by atoms with E-state index in [1.54, 1.807) is 13.0 Å². The predicted molar refractivity (Wildman–Crippen MR) is 146 cm³/mol. The normalized spacial score (nSPS) is 14.4. The fourth-order valence-corrected chi connectivity index (χ4v) is 4.52. The van der Waals surface area contributed by atoms with Crippen molar-refractivity contribution in [2.45, 2.75) is 38.8 Å². The molecule has 0 N–H and O–H groups in total. The number of hydrogen-bond donors (Lipinski definition) is 0. The SMILES string of the molecule is CCN1N=C(c2nccnc2C(C)N(Cc2ccc(OC)cc2OC)C(=O)c2cc(C(F)(F)F)cc(C(F)(F)F)c2)OCC1=O. The first kappa shape index (κ1) is 33.0. The Labute approximate surface area is 253 Å². The smallest absolute Gasteiger partial charge is 0.416 e. The molecule has 1 aromatic heterocycles. The van der Waals surface area contributed by atoms with Crippen LogP contribution in [0.25, 0.3) is 0 Å². The minimum atomic E-state index is -5.18. The van der Waals surface area contributed by atoms with Gasteiger partial charge in [-0.05, 0) is 44.2 Å². The van der Waals surface area contributed by atoms with Gasteiger partial charge in [-0.3, -0.25) is 14.6 Å². The third-order valence-corrected chi connectivity index (χ3v) is 6.85. The Morgan fingerprint density at radius 3 is 2.22 bits per heavy atom. The van der Waals surface area contributed by atoms with Crippen molar-refractivity contribution in [1.82, 2.24) is 19.9 Å². The summed E-state index contributed by atoms with van der Waals surface area (Å²) in [5.74, 6) is -1.08. The van der Waals surface area contributed by atoms with Gasteiger partial charge in [-0.2, -0.15) is 26.3 Å². The van der Waals surface area contributed by atoms with Gasteiger partial charge >= 0.3 is 12.4 Å². The van der Waals surface area contributed by atoms with Crippen molar-refractivity contribution in [2.75, 3.05) is 27.4 Å². The van der Waals surface area contributed by atoms with E-state index in [-0.39, 0.29) is 48.8 Å². The molecule has 1 atom stereocenters. The molecular formula is C29H27F6N5O5. The average molecular weight is 640 g/mol. The van der Waals surface area contributed by atoms with Crippen LogP contribution in [0.1, 0.15) is 58.3 Å². The molecule has 0 bridgehead atoms. The predicted octanol–water partition coefficient (Wildman–Crippen LogP) is 5.48. The first-order valence-corrected chi connectivity index (χ1v) is 13.3. The molecule has 0 saturated carbocycles. The van der Waals surface area contributed by atoms with Gasteiger partial charge in [0, 0.05) is 36.1 Å². The molecule has 0 aliphatic carbocycles. The molecule has 3 aromatic rings. The molecule has 1 unspecified atom stereocenters. The Kier molecular flexibility index (Phi) is 9.53. The summed E-state index contributed by atoms with van der Waals surface area (Å²) in [4.78, 5) is 35.7. The number of carbonyl (C=O) groups is 2. The molecular weight excluding hydrogens is 612 g/mol. The number of likely N-dealkylation sites (N-methyl/N-ethyl adjacent to an activating group) is 1. The Balaban J connectivity index is 1.88. The van der Waals surface area contributed by atoms with Crippen LogP contribution in [-0.2, 0) is 28.4 Å². The standard InChI is InChI=1S/C29H27F6N5O5/c1-5-40-23(41)15-45-26(38-40)25-24(36-8-9-37-25)16(2)39(14-17-6-7-21(43-3)13-22(17)44-4)27(42)18-10-19(28(30,31)32)12-20(11-18)29(33,34)35/h6-13,16H,5,14-15H2,1-4H3. The van der Waals surface area contributed by atoms with Crippen LogP contribution in [-0.4, -0.2) is 65.0 Å². The van der Waals surface area contributed by atoms with Crippen LogP contribution >= 0.6 is 0 Å². The van der Waals surface area contributed by atoms with Crippen LogP contribution in [0.3, 0.4) is 0 Å². The molecule has 0 radical (unpaired) electrons. The highest BCUT2D eigenvalue weighted by Gasteiger charge is 2.39. The first-order chi connectivity index (χ1) is 21.2. The molecule has 1 aliphatic heterocycles. The summed E-state index contributed by atoms with van der Waals surface area (Å²) in [6.07, 6.45) is -7.78. The van der Waals surface area contributed by atoms with Crippen molar-refractivity contribution in [3.63, 3.8) is 0 Å². The lowest BCUT2D eigenvalue weighted by Crippen LogP contribution is -2.38. The first-order valence-electron chi connectivity index (χ1n) is 13.3. The molecule has 0 saturated heterocycles. The van der Waals surface area contributed by atoms with Crippen molar-refractivity contribution in [2.24, 2.45) is 5.10 Å². The lowest BCUT2D eigenvalue weighted by atomic mass is 10.0. The van der Waals surface area contributed by atoms with E-state index in [1.807, 2.05) is 0 Å². The second-order valence-corrected chi connectivity index (χ2v) is 9.67. The second-order valence-electron chi connectivity index (χ2n) is 9.67. The molecule has 2 heterocycles. The van der Waals surface area contributed by atoms with E-state index in [0.717, 1.165) is 9.91 Å². The van der Waals surface area contributed by atoms with Gasteiger partial charge in [-0.25, -0.2) is 9.99 Å². The van der Waals surface area contributed by atoms with E-state index < -0.39 is 46.9 Å². The number of amides is 2. The van der Waals surface area contributed by atoms with E-state index in [2.05, 4.69) is 15.1 Å². The minimum Gasteiger partial charge on any atom is -0.497 e. The van der Waals surface area contributed by atoms with Crippen molar-refractivity contribution in [1.29, 1.82) is 0 Å². The van der Waals surface area contributed by atoms with Gasteiger partial charge in [-0.1, -0.05) is 0 Å². The van der Waals surface area contributed by atoms with Crippen molar-refractivity contribution in [3.8, 4) is 11.5 Å². The molecule has 10 nitrogen and oxygen atoms in total. The zero-order valence-corrected chi connectivity index (χ0v) is 24.4. The van der Waals surface area contributed by atoms with Gasteiger partial charge in [0.1, 0.15) is 11.5 Å². The van der Waals surface area contributed by atoms with Crippen LogP contribution in [0.4, 0.5) is 26.3 Å². The van der Waals surface area contributed by atoms with E-state index in [9.17, 15) is 35.9 Å². The highest BCUT2D eigenvalue weighted by Crippen LogP contribution is 2.38. The number of hydrogen-bond acceptors (Lipinski definition) is 8. The molecule has 0 fully saturated rings. The number of carbonyl (C=O) groups excluding carboxylic acids is 2. The van der Waals surface area contributed by atoms with Gasteiger partial charge in [0.05, 0.1) is 43.6 Å². The minimum absolute atomic E-state index is 0.00969. The number of benzene rings is 2. The maximum atomic E-state index is 14.0. The quantitative estimate of drug-likeness (QED) is 0.286. The summed E-state index contributed by atoms with van der Waals surface area (Å²) in [5, 5.41) is 5.29. The molecule has 4 rings (SSSR count). The van der Waals surface area contributed by atoms with Gasteiger partial charge in [0.15, 0.2) is 12.3 Å². The number of rotatable bonds is 9. The van der Waals surface area contributed by atoms with Gasteiger partial charge < -0.3 is 19.1 Å². The lowest BCUT2D eigenvalue weighted by Gasteiger charge is -2.31. The number of hydrazone groups is 1. The summed E-state index contributed by atoms with van der Waals surface area (Å²) in [6.45, 7) is 2.62. The summed E-state index contributed by atoms with van der Waals surface area (Å²) in [6, 6.07) is 4.11. The summed E-state index contributed by atoms with van der Waals surface area (Å²) >= 11 is 0. The van der Waals surface area contributed by atoms with Crippen LogP contribution in [0.15, 0.2) is 53.9 Å². The fourth-order valence-electron chi connectivity index (χ4n) is 4.52.